The summed E-state index contributed by atoms with van der Waals surface area (Å²) < 4.78 is 2.39. The quantitative estimate of drug-likeness (QED) is 0.543. The SMILES string of the molecule is O=C1CCCC1Sc1nnc(Cc2cccc3ccccc23)n1C1CCCCC1. The van der Waals surface area contributed by atoms with E-state index in [9.17, 15) is 4.79 Å². The standard InChI is InChI=1S/C24H27N3OS/c28-21-14-7-15-22(21)29-24-26-25-23(27(24)19-11-2-1-3-12-19)16-18-10-6-9-17-8-4-5-13-20(17)18/h4-6,8-10,13,19,22H,1-3,7,11-12,14-16H2. The molecule has 1 unspecified atom stereocenters. The minimum atomic E-state index is 0.0620. The van der Waals surface area contributed by atoms with Gasteiger partial charge in [0.15, 0.2) is 5.16 Å². The third-order valence-corrected chi connectivity index (χ3v) is 7.67. The number of hydrogen-bond donors (Lipinski definition) is 0. The highest BCUT2D eigenvalue weighted by atomic mass is 32.2. The lowest BCUT2D eigenvalue weighted by Crippen LogP contribution is -2.18. The molecule has 1 aromatic heterocycles. The maximum atomic E-state index is 12.2. The number of thioether (sulfide) groups is 1. The van der Waals surface area contributed by atoms with Crippen molar-refractivity contribution in [1.29, 1.82) is 0 Å². The molecule has 3 aromatic rings. The van der Waals surface area contributed by atoms with E-state index in [-0.39, 0.29) is 5.25 Å². The van der Waals surface area contributed by atoms with Gasteiger partial charge in [0, 0.05) is 18.9 Å². The second-order valence-corrected chi connectivity index (χ2v) is 9.51. The predicted octanol–water partition coefficient (Wildman–Crippen LogP) is 5.74. The number of Topliss-reactive ketones (excluding diaryl/α,β-unsaturated/α-hetero) is 1. The number of nitrogens with zero attached hydrogens (tertiary/aromatic N) is 3. The molecule has 4 nitrogen and oxygen atoms in total. The largest absolute Gasteiger partial charge is 0.303 e. The zero-order valence-corrected chi connectivity index (χ0v) is 17.5. The maximum absolute atomic E-state index is 12.2. The number of aromatic nitrogens is 3. The molecule has 0 amide bonds. The highest BCUT2D eigenvalue weighted by Crippen LogP contribution is 2.37. The van der Waals surface area contributed by atoms with Crippen LogP contribution in [0.25, 0.3) is 10.8 Å². The van der Waals surface area contributed by atoms with E-state index in [4.69, 9.17) is 0 Å². The summed E-state index contributed by atoms with van der Waals surface area (Å²) in [5.41, 5.74) is 1.29. The molecule has 0 saturated heterocycles. The van der Waals surface area contributed by atoms with Crippen molar-refractivity contribution in [2.45, 2.75) is 74.2 Å². The number of fused-ring (bicyclic) bond motifs is 1. The second kappa shape index (κ2) is 8.31. The van der Waals surface area contributed by atoms with Crippen molar-refractivity contribution in [2.24, 2.45) is 0 Å². The number of rotatable bonds is 5. The normalized spacial score (nSPS) is 20.6. The molecular formula is C24H27N3OS. The fraction of sp³-hybridized carbons (Fsp3) is 0.458. The van der Waals surface area contributed by atoms with E-state index in [1.807, 2.05) is 0 Å². The lowest BCUT2D eigenvalue weighted by Gasteiger charge is -2.26. The predicted molar refractivity (Wildman–Crippen MR) is 117 cm³/mol. The Morgan fingerprint density at radius 1 is 0.931 bits per heavy atom. The van der Waals surface area contributed by atoms with Crippen LogP contribution in [0.2, 0.25) is 0 Å². The van der Waals surface area contributed by atoms with Crippen LogP contribution in [0.15, 0.2) is 47.6 Å². The molecule has 29 heavy (non-hydrogen) atoms. The Morgan fingerprint density at radius 2 is 1.76 bits per heavy atom. The van der Waals surface area contributed by atoms with Crippen molar-refractivity contribution in [3.8, 4) is 0 Å². The van der Waals surface area contributed by atoms with E-state index in [0.717, 1.165) is 36.7 Å². The summed E-state index contributed by atoms with van der Waals surface area (Å²) in [6, 6.07) is 15.5. The fourth-order valence-electron chi connectivity index (χ4n) is 4.87. The summed E-state index contributed by atoms with van der Waals surface area (Å²) in [6.45, 7) is 0. The van der Waals surface area contributed by atoms with E-state index in [0.29, 0.717) is 11.8 Å². The molecule has 2 aliphatic rings. The number of carbonyl (C=O) groups excluding carboxylic acids is 1. The highest BCUT2D eigenvalue weighted by Gasteiger charge is 2.30. The van der Waals surface area contributed by atoms with Gasteiger partial charge < -0.3 is 4.57 Å². The molecule has 0 aliphatic heterocycles. The van der Waals surface area contributed by atoms with Gasteiger partial charge in [-0.1, -0.05) is 73.5 Å². The second-order valence-electron chi connectivity index (χ2n) is 8.34. The number of carbonyl (C=O) groups is 1. The summed E-state index contributed by atoms with van der Waals surface area (Å²) in [4.78, 5) is 12.2. The molecule has 5 rings (SSSR count). The Hall–Kier alpha value is -2.14. The van der Waals surface area contributed by atoms with Crippen molar-refractivity contribution in [3.05, 3.63) is 53.9 Å². The van der Waals surface area contributed by atoms with E-state index >= 15 is 0 Å². The van der Waals surface area contributed by atoms with E-state index in [2.05, 4.69) is 57.2 Å². The molecular weight excluding hydrogens is 378 g/mol. The van der Waals surface area contributed by atoms with Gasteiger partial charge in [-0.3, -0.25) is 4.79 Å². The molecule has 0 spiro atoms. The van der Waals surface area contributed by atoms with Crippen LogP contribution in [0.4, 0.5) is 0 Å². The van der Waals surface area contributed by atoms with Gasteiger partial charge in [-0.2, -0.15) is 0 Å². The summed E-state index contributed by atoms with van der Waals surface area (Å²) in [6.07, 6.45) is 9.71. The Labute approximate surface area is 176 Å². The molecule has 2 fully saturated rings. The first-order chi connectivity index (χ1) is 14.3. The molecule has 2 aromatic carbocycles. The van der Waals surface area contributed by atoms with Gasteiger partial charge in [0.05, 0.1) is 5.25 Å². The zero-order valence-electron chi connectivity index (χ0n) is 16.7. The van der Waals surface area contributed by atoms with Crippen LogP contribution in [0.5, 0.6) is 0 Å². The van der Waals surface area contributed by atoms with Gasteiger partial charge in [0.2, 0.25) is 0 Å². The lowest BCUT2D eigenvalue weighted by molar-refractivity contribution is -0.116. The fourth-order valence-corrected chi connectivity index (χ4v) is 6.11. The number of ketones is 1. The van der Waals surface area contributed by atoms with Crippen molar-refractivity contribution in [3.63, 3.8) is 0 Å². The first-order valence-corrected chi connectivity index (χ1v) is 11.8. The molecule has 0 bridgehead atoms. The van der Waals surface area contributed by atoms with Crippen LogP contribution in [0.1, 0.15) is 68.8 Å². The summed E-state index contributed by atoms with van der Waals surface area (Å²) in [5, 5.41) is 12.8. The van der Waals surface area contributed by atoms with E-state index < -0.39 is 0 Å². The van der Waals surface area contributed by atoms with Crippen molar-refractivity contribution in [2.75, 3.05) is 0 Å². The minimum Gasteiger partial charge on any atom is -0.303 e. The Kier molecular flexibility index (Phi) is 5.40. The third-order valence-electron chi connectivity index (χ3n) is 6.40. The van der Waals surface area contributed by atoms with Gasteiger partial charge >= 0.3 is 0 Å². The summed E-state index contributed by atoms with van der Waals surface area (Å²) in [5.74, 6) is 1.42. The monoisotopic (exact) mass is 405 g/mol. The van der Waals surface area contributed by atoms with Gasteiger partial charge in [0.25, 0.3) is 0 Å². The summed E-state index contributed by atoms with van der Waals surface area (Å²) in [7, 11) is 0. The third kappa shape index (κ3) is 3.85. The topological polar surface area (TPSA) is 47.8 Å². The van der Waals surface area contributed by atoms with Crippen molar-refractivity contribution < 1.29 is 4.79 Å². The smallest absolute Gasteiger partial charge is 0.192 e. The van der Waals surface area contributed by atoms with E-state index in [1.165, 1.54) is 48.4 Å². The molecule has 2 saturated carbocycles. The van der Waals surface area contributed by atoms with Crippen LogP contribution in [-0.2, 0) is 11.2 Å². The molecule has 1 atom stereocenters. The van der Waals surface area contributed by atoms with Crippen molar-refractivity contribution in [1.82, 2.24) is 14.8 Å². The minimum absolute atomic E-state index is 0.0620. The Morgan fingerprint density at radius 3 is 2.59 bits per heavy atom. The van der Waals surface area contributed by atoms with Gasteiger partial charge in [-0.05, 0) is 42.0 Å². The number of benzene rings is 2. The van der Waals surface area contributed by atoms with Crippen LogP contribution in [-0.4, -0.2) is 25.8 Å². The van der Waals surface area contributed by atoms with Crippen molar-refractivity contribution >= 4 is 28.3 Å². The average Bonchev–Trinajstić information content (AvgIpc) is 3.35. The Bertz CT molecular complexity index is 1020. The van der Waals surface area contributed by atoms with Gasteiger partial charge in [-0.25, -0.2) is 0 Å². The van der Waals surface area contributed by atoms with Crippen LogP contribution in [0.3, 0.4) is 0 Å². The maximum Gasteiger partial charge on any atom is 0.192 e. The van der Waals surface area contributed by atoms with E-state index in [1.54, 1.807) is 11.8 Å². The Balaban J connectivity index is 1.50. The molecule has 5 heteroatoms. The molecule has 150 valence electrons. The molecule has 0 radical (unpaired) electrons. The lowest BCUT2D eigenvalue weighted by atomic mass is 9.95. The van der Waals surface area contributed by atoms with Gasteiger partial charge in [-0.15, -0.1) is 10.2 Å². The molecule has 2 aliphatic carbocycles. The van der Waals surface area contributed by atoms with Crippen LogP contribution in [0, 0.1) is 0 Å². The average molecular weight is 406 g/mol. The molecule has 1 heterocycles. The zero-order chi connectivity index (χ0) is 19.6. The first kappa shape index (κ1) is 18.9. The number of hydrogen-bond acceptors (Lipinski definition) is 4. The van der Waals surface area contributed by atoms with Crippen LogP contribution >= 0.6 is 11.8 Å². The first-order valence-electron chi connectivity index (χ1n) is 10.9. The summed E-state index contributed by atoms with van der Waals surface area (Å²) >= 11 is 1.65. The molecule has 0 N–H and O–H groups in total. The van der Waals surface area contributed by atoms with Crippen LogP contribution < -0.4 is 0 Å². The van der Waals surface area contributed by atoms with Gasteiger partial charge in [0.1, 0.15) is 11.6 Å². The highest BCUT2D eigenvalue weighted by molar-refractivity contribution is 8.00.